The topological polar surface area (TPSA) is 87.1 Å². The van der Waals surface area contributed by atoms with E-state index >= 15 is 0 Å². The molecule has 1 fully saturated rings. The molecule has 1 aliphatic rings. The third kappa shape index (κ3) is 4.22. The number of carbonyl (C=O) groups is 1. The van der Waals surface area contributed by atoms with Crippen molar-refractivity contribution in [3.05, 3.63) is 72.4 Å². The van der Waals surface area contributed by atoms with Crippen molar-refractivity contribution in [1.82, 2.24) is 25.3 Å². The molecule has 1 N–H and O–H groups in total. The maximum absolute atomic E-state index is 12.4. The van der Waals surface area contributed by atoms with E-state index in [1.807, 2.05) is 30.3 Å². The molecule has 4 rings (SSSR count). The first-order valence-corrected chi connectivity index (χ1v) is 9.21. The molecule has 0 radical (unpaired) electrons. The van der Waals surface area contributed by atoms with Gasteiger partial charge in [0.15, 0.2) is 0 Å². The quantitative estimate of drug-likeness (QED) is 0.723. The normalized spacial score (nSPS) is 14.0. The monoisotopic (exact) mass is 375 g/mol. The molecule has 0 unspecified atom stereocenters. The summed E-state index contributed by atoms with van der Waals surface area (Å²) >= 11 is 0. The molecule has 0 bridgehead atoms. The molecule has 1 saturated heterocycles. The minimum absolute atomic E-state index is 0.215. The number of anilines is 2. The number of carbonyl (C=O) groups excluding carboxylic acids is 1. The van der Waals surface area contributed by atoms with E-state index in [0.717, 1.165) is 37.6 Å². The Bertz CT molecular complexity index is 912. The lowest BCUT2D eigenvalue weighted by Crippen LogP contribution is -2.47. The molecular weight excluding hydrogens is 354 g/mol. The lowest BCUT2D eigenvalue weighted by atomic mass is 10.2. The number of nitrogens with one attached hydrogen (secondary N) is 1. The van der Waals surface area contributed by atoms with Gasteiger partial charge in [-0.05, 0) is 35.9 Å². The van der Waals surface area contributed by atoms with E-state index in [1.54, 1.807) is 30.9 Å². The Balaban J connectivity index is 1.37. The first-order valence-electron chi connectivity index (χ1n) is 9.21. The van der Waals surface area contributed by atoms with Crippen molar-refractivity contribution in [2.75, 3.05) is 36.0 Å². The third-order valence-electron chi connectivity index (χ3n) is 4.61. The van der Waals surface area contributed by atoms with Crippen molar-refractivity contribution >= 4 is 17.7 Å². The van der Waals surface area contributed by atoms with Crippen LogP contribution in [-0.2, 0) is 6.54 Å². The average molecular weight is 375 g/mol. The number of hydrogen-bond donors (Lipinski definition) is 1. The van der Waals surface area contributed by atoms with Gasteiger partial charge >= 0.3 is 0 Å². The minimum Gasteiger partial charge on any atom is -0.353 e. The second-order valence-electron chi connectivity index (χ2n) is 6.44. The summed E-state index contributed by atoms with van der Waals surface area (Å²) in [7, 11) is 0. The van der Waals surface area contributed by atoms with E-state index in [-0.39, 0.29) is 5.91 Å². The molecule has 0 atom stereocenters. The maximum atomic E-state index is 12.4. The van der Waals surface area contributed by atoms with E-state index in [1.165, 1.54) is 0 Å². The molecule has 142 valence electrons. The highest BCUT2D eigenvalue weighted by Crippen LogP contribution is 2.16. The van der Waals surface area contributed by atoms with Crippen LogP contribution in [0, 0.1) is 0 Å². The molecule has 0 spiro atoms. The van der Waals surface area contributed by atoms with Crippen LogP contribution in [-0.4, -0.2) is 52.0 Å². The number of aromatic nitrogens is 4. The van der Waals surface area contributed by atoms with E-state index in [2.05, 4.69) is 35.1 Å². The summed E-state index contributed by atoms with van der Waals surface area (Å²) in [5.74, 6) is 1.34. The van der Waals surface area contributed by atoms with Gasteiger partial charge in [0.25, 0.3) is 5.91 Å². The molecule has 1 aliphatic heterocycles. The Morgan fingerprint density at radius 1 is 0.893 bits per heavy atom. The number of pyridine rings is 2. The summed E-state index contributed by atoms with van der Waals surface area (Å²) in [5.41, 5.74) is 1.36. The van der Waals surface area contributed by atoms with E-state index in [9.17, 15) is 4.79 Å². The Hall–Kier alpha value is -3.55. The van der Waals surface area contributed by atoms with E-state index in [4.69, 9.17) is 0 Å². The predicted molar refractivity (Wildman–Crippen MR) is 106 cm³/mol. The van der Waals surface area contributed by atoms with Crippen molar-refractivity contribution in [2.45, 2.75) is 6.54 Å². The lowest BCUT2D eigenvalue weighted by Gasteiger charge is -2.35. The van der Waals surface area contributed by atoms with Gasteiger partial charge in [0.2, 0.25) is 5.95 Å². The van der Waals surface area contributed by atoms with Gasteiger partial charge < -0.3 is 15.1 Å². The van der Waals surface area contributed by atoms with Crippen molar-refractivity contribution in [1.29, 1.82) is 0 Å². The number of rotatable bonds is 5. The van der Waals surface area contributed by atoms with Crippen LogP contribution in [0.3, 0.4) is 0 Å². The fraction of sp³-hybridized carbons (Fsp3) is 0.250. The van der Waals surface area contributed by atoms with Crippen LogP contribution in [0.5, 0.6) is 0 Å². The third-order valence-corrected chi connectivity index (χ3v) is 4.61. The fourth-order valence-electron chi connectivity index (χ4n) is 3.08. The largest absolute Gasteiger partial charge is 0.353 e. The summed E-state index contributed by atoms with van der Waals surface area (Å²) < 4.78 is 0. The van der Waals surface area contributed by atoms with Gasteiger partial charge in [0.05, 0.1) is 0 Å². The number of piperazine rings is 1. The Morgan fingerprint density at radius 3 is 2.43 bits per heavy atom. The molecule has 3 aromatic rings. The summed E-state index contributed by atoms with van der Waals surface area (Å²) in [4.78, 5) is 34.0. The van der Waals surface area contributed by atoms with Crippen LogP contribution < -0.4 is 15.1 Å². The average Bonchev–Trinajstić information content (AvgIpc) is 2.79. The van der Waals surface area contributed by atoms with E-state index < -0.39 is 0 Å². The van der Waals surface area contributed by atoms with Crippen LogP contribution in [0.15, 0.2) is 61.2 Å². The highest BCUT2D eigenvalue weighted by molar-refractivity contribution is 5.92. The molecule has 4 heterocycles. The summed E-state index contributed by atoms with van der Waals surface area (Å²) in [6.45, 7) is 3.65. The fourth-order valence-corrected chi connectivity index (χ4v) is 3.08. The summed E-state index contributed by atoms with van der Waals surface area (Å²) in [6, 6.07) is 11.3. The molecule has 0 aliphatic carbocycles. The molecule has 1 amide bonds. The Kier molecular flexibility index (Phi) is 5.37. The molecule has 0 aromatic carbocycles. The van der Waals surface area contributed by atoms with Crippen LogP contribution in [0.1, 0.15) is 16.1 Å². The predicted octanol–water partition coefficient (Wildman–Crippen LogP) is 1.52. The van der Waals surface area contributed by atoms with Gasteiger partial charge in [-0.3, -0.25) is 9.78 Å². The second-order valence-corrected chi connectivity index (χ2v) is 6.44. The zero-order chi connectivity index (χ0) is 19.2. The van der Waals surface area contributed by atoms with Crippen molar-refractivity contribution in [2.24, 2.45) is 0 Å². The lowest BCUT2D eigenvalue weighted by molar-refractivity contribution is 0.0946. The molecular formula is C20H21N7O. The zero-order valence-electron chi connectivity index (χ0n) is 15.4. The van der Waals surface area contributed by atoms with E-state index in [0.29, 0.717) is 18.2 Å². The van der Waals surface area contributed by atoms with Gasteiger partial charge in [-0.1, -0.05) is 6.07 Å². The number of nitrogens with zero attached hydrogens (tertiary/aromatic N) is 6. The smallest absolute Gasteiger partial charge is 0.270 e. The highest BCUT2D eigenvalue weighted by Gasteiger charge is 2.20. The van der Waals surface area contributed by atoms with Gasteiger partial charge in [-0.15, -0.1) is 0 Å². The van der Waals surface area contributed by atoms with Crippen molar-refractivity contribution in [3.63, 3.8) is 0 Å². The molecule has 28 heavy (non-hydrogen) atoms. The molecule has 3 aromatic heterocycles. The van der Waals surface area contributed by atoms with Crippen LogP contribution in [0.4, 0.5) is 11.8 Å². The molecule has 8 heteroatoms. The Morgan fingerprint density at radius 2 is 1.68 bits per heavy atom. The van der Waals surface area contributed by atoms with Gasteiger partial charge in [0.1, 0.15) is 11.5 Å². The molecule has 8 nitrogen and oxygen atoms in total. The Labute approximate surface area is 163 Å². The number of amides is 1. The standard InChI is InChI=1S/C20H21N7O/c28-19(24-15-16-4-8-21-9-5-16)17-6-10-23-20(25-17)27-13-11-26(12-14-27)18-3-1-2-7-22-18/h1-10H,11-15H2,(H,24,28). The SMILES string of the molecule is O=C(NCc1ccncc1)c1ccnc(N2CCN(c3ccccn3)CC2)n1. The van der Waals surface area contributed by atoms with Crippen molar-refractivity contribution in [3.8, 4) is 0 Å². The number of hydrogen-bond acceptors (Lipinski definition) is 7. The minimum atomic E-state index is -0.215. The first kappa shape index (κ1) is 17.8. The highest BCUT2D eigenvalue weighted by atomic mass is 16.1. The van der Waals surface area contributed by atoms with Crippen LogP contribution >= 0.6 is 0 Å². The van der Waals surface area contributed by atoms with Crippen LogP contribution in [0.2, 0.25) is 0 Å². The maximum Gasteiger partial charge on any atom is 0.270 e. The van der Waals surface area contributed by atoms with Gasteiger partial charge in [-0.2, -0.15) is 0 Å². The molecule has 0 saturated carbocycles. The van der Waals surface area contributed by atoms with Gasteiger partial charge in [0, 0.05) is 57.5 Å². The van der Waals surface area contributed by atoms with Gasteiger partial charge in [-0.25, -0.2) is 15.0 Å². The second kappa shape index (κ2) is 8.43. The van der Waals surface area contributed by atoms with Crippen molar-refractivity contribution < 1.29 is 4.79 Å². The zero-order valence-corrected chi connectivity index (χ0v) is 15.4. The first-order chi connectivity index (χ1) is 13.8. The van der Waals surface area contributed by atoms with Crippen LogP contribution in [0.25, 0.3) is 0 Å². The summed E-state index contributed by atoms with van der Waals surface area (Å²) in [5, 5.41) is 2.88. The summed E-state index contributed by atoms with van der Waals surface area (Å²) in [6.07, 6.45) is 6.84.